The molecule has 0 aliphatic carbocycles. The third-order valence-electron chi connectivity index (χ3n) is 2.41. The van der Waals surface area contributed by atoms with Gasteiger partial charge in [0.1, 0.15) is 0 Å². The summed E-state index contributed by atoms with van der Waals surface area (Å²) in [5, 5.41) is 8.54. The predicted molar refractivity (Wildman–Crippen MR) is 57.7 cm³/mol. The Bertz CT molecular complexity index is 703. The summed E-state index contributed by atoms with van der Waals surface area (Å²) in [6.07, 6.45) is 3.35. The topological polar surface area (TPSA) is 58.6 Å². The van der Waals surface area contributed by atoms with Crippen LogP contribution in [0, 0.1) is 0 Å². The number of nitrogens with zero attached hydrogens (tertiary/aromatic N) is 2. The van der Waals surface area contributed by atoms with Gasteiger partial charge in [-0.05, 0) is 12.1 Å². The van der Waals surface area contributed by atoms with Crippen molar-refractivity contribution >= 4 is 21.7 Å². The third kappa shape index (κ3) is 1.11. The number of aromatic amines is 1. The lowest BCUT2D eigenvalue weighted by atomic mass is 10.1. The molecule has 3 aromatic rings. The van der Waals surface area contributed by atoms with Crippen molar-refractivity contribution in [3.05, 3.63) is 47.0 Å². The quantitative estimate of drug-likeness (QED) is 0.555. The predicted octanol–water partition coefficient (Wildman–Crippen LogP) is 1.47. The van der Waals surface area contributed by atoms with E-state index in [1.807, 2.05) is 24.3 Å². The van der Waals surface area contributed by atoms with Crippen LogP contribution in [0.25, 0.3) is 21.7 Å². The summed E-state index contributed by atoms with van der Waals surface area (Å²) in [5.74, 6) is 0. The van der Waals surface area contributed by atoms with E-state index in [0.29, 0.717) is 5.39 Å². The fourth-order valence-electron chi connectivity index (χ4n) is 1.75. The number of benzene rings is 1. The highest BCUT2D eigenvalue weighted by molar-refractivity contribution is 6.05. The number of pyridine rings is 1. The molecule has 4 heteroatoms. The molecule has 0 fully saturated rings. The lowest BCUT2D eigenvalue weighted by Gasteiger charge is -2.00. The zero-order valence-electron chi connectivity index (χ0n) is 7.77. The molecule has 0 bridgehead atoms. The summed E-state index contributed by atoms with van der Waals surface area (Å²) in [6.45, 7) is 0. The summed E-state index contributed by atoms with van der Waals surface area (Å²) in [4.78, 5) is 15.8. The molecule has 0 saturated heterocycles. The van der Waals surface area contributed by atoms with Crippen LogP contribution in [0.2, 0.25) is 0 Å². The van der Waals surface area contributed by atoms with E-state index in [2.05, 4.69) is 15.2 Å². The van der Waals surface area contributed by atoms with Crippen LogP contribution in [0.1, 0.15) is 0 Å². The molecule has 0 aliphatic rings. The van der Waals surface area contributed by atoms with Gasteiger partial charge in [0, 0.05) is 17.0 Å². The van der Waals surface area contributed by atoms with Crippen molar-refractivity contribution in [2.24, 2.45) is 0 Å². The summed E-state index contributed by atoms with van der Waals surface area (Å²) >= 11 is 0. The Labute approximate surface area is 84.6 Å². The van der Waals surface area contributed by atoms with Gasteiger partial charge in [0.2, 0.25) is 0 Å². The van der Waals surface area contributed by atoms with Gasteiger partial charge in [0.25, 0.3) is 5.56 Å². The molecular weight excluding hydrogens is 190 g/mol. The molecule has 4 nitrogen and oxygen atoms in total. The number of H-pyrrole nitrogens is 1. The molecule has 0 spiro atoms. The number of rotatable bonds is 0. The molecule has 15 heavy (non-hydrogen) atoms. The first kappa shape index (κ1) is 8.11. The highest BCUT2D eigenvalue weighted by atomic mass is 16.1. The van der Waals surface area contributed by atoms with Gasteiger partial charge in [0.05, 0.1) is 17.1 Å². The van der Waals surface area contributed by atoms with E-state index in [1.54, 1.807) is 12.4 Å². The van der Waals surface area contributed by atoms with Crippen LogP contribution >= 0.6 is 0 Å². The lowest BCUT2D eigenvalue weighted by molar-refractivity contribution is 1.01. The summed E-state index contributed by atoms with van der Waals surface area (Å²) < 4.78 is 0. The summed E-state index contributed by atoms with van der Waals surface area (Å²) in [5.41, 5.74) is 0.646. The number of hydrogen-bond acceptors (Lipinski definition) is 3. The fourth-order valence-corrected chi connectivity index (χ4v) is 1.75. The second-order valence-corrected chi connectivity index (χ2v) is 3.30. The van der Waals surface area contributed by atoms with Crippen molar-refractivity contribution in [1.29, 1.82) is 0 Å². The number of hydrogen-bond donors (Lipinski definition) is 1. The minimum Gasteiger partial charge on any atom is -0.267 e. The van der Waals surface area contributed by atoms with E-state index in [1.165, 1.54) is 0 Å². The Morgan fingerprint density at radius 2 is 2.13 bits per heavy atom. The Morgan fingerprint density at radius 1 is 1.20 bits per heavy atom. The second kappa shape index (κ2) is 2.88. The highest BCUT2D eigenvalue weighted by Gasteiger charge is 2.03. The van der Waals surface area contributed by atoms with Gasteiger partial charge in [-0.15, -0.1) is 0 Å². The zero-order chi connectivity index (χ0) is 10.3. The van der Waals surface area contributed by atoms with Gasteiger partial charge in [-0.1, -0.05) is 12.1 Å². The maximum Gasteiger partial charge on any atom is 0.272 e. The van der Waals surface area contributed by atoms with E-state index >= 15 is 0 Å². The average molecular weight is 197 g/mol. The normalized spacial score (nSPS) is 10.9. The lowest BCUT2D eigenvalue weighted by Crippen LogP contribution is -2.07. The van der Waals surface area contributed by atoms with Crippen LogP contribution in [-0.4, -0.2) is 15.2 Å². The van der Waals surface area contributed by atoms with Crippen molar-refractivity contribution in [3.8, 4) is 0 Å². The first-order valence-corrected chi connectivity index (χ1v) is 4.57. The molecule has 0 radical (unpaired) electrons. The van der Waals surface area contributed by atoms with Crippen LogP contribution in [-0.2, 0) is 0 Å². The molecule has 2 aromatic heterocycles. The van der Waals surface area contributed by atoms with Gasteiger partial charge < -0.3 is 0 Å². The Balaban J connectivity index is 2.70. The molecule has 0 aliphatic heterocycles. The van der Waals surface area contributed by atoms with Gasteiger partial charge in [-0.25, -0.2) is 5.10 Å². The van der Waals surface area contributed by atoms with Crippen molar-refractivity contribution < 1.29 is 0 Å². The first-order chi connectivity index (χ1) is 7.36. The molecule has 0 amide bonds. The van der Waals surface area contributed by atoms with E-state index in [-0.39, 0.29) is 5.56 Å². The zero-order valence-corrected chi connectivity index (χ0v) is 7.77. The molecular formula is C11H7N3O. The van der Waals surface area contributed by atoms with E-state index in [4.69, 9.17) is 0 Å². The second-order valence-electron chi connectivity index (χ2n) is 3.30. The average Bonchev–Trinajstić information content (AvgIpc) is 2.29. The molecule has 0 unspecified atom stereocenters. The molecule has 72 valence electrons. The van der Waals surface area contributed by atoms with Gasteiger partial charge in [-0.3, -0.25) is 9.78 Å². The minimum absolute atomic E-state index is 0.175. The third-order valence-corrected chi connectivity index (χ3v) is 2.41. The minimum atomic E-state index is -0.175. The summed E-state index contributed by atoms with van der Waals surface area (Å²) in [6, 6.07) is 7.45. The maximum atomic E-state index is 11.6. The number of nitrogens with one attached hydrogen (secondary N) is 1. The monoisotopic (exact) mass is 197 g/mol. The van der Waals surface area contributed by atoms with Crippen molar-refractivity contribution in [3.63, 3.8) is 0 Å². The molecule has 3 rings (SSSR count). The highest BCUT2D eigenvalue weighted by Crippen LogP contribution is 2.19. The Kier molecular flexibility index (Phi) is 1.56. The first-order valence-electron chi connectivity index (χ1n) is 4.57. The molecule has 0 atom stereocenters. The van der Waals surface area contributed by atoms with Crippen LogP contribution in [0.5, 0.6) is 0 Å². The number of aromatic nitrogens is 3. The summed E-state index contributed by atoms with van der Waals surface area (Å²) in [7, 11) is 0. The van der Waals surface area contributed by atoms with Crippen molar-refractivity contribution in [2.75, 3.05) is 0 Å². The van der Waals surface area contributed by atoms with Crippen molar-refractivity contribution in [2.45, 2.75) is 0 Å². The molecule has 1 aromatic carbocycles. The fraction of sp³-hybridized carbons (Fsp3) is 0. The largest absolute Gasteiger partial charge is 0.272 e. The molecule has 1 N–H and O–H groups in total. The van der Waals surface area contributed by atoms with E-state index in [0.717, 1.165) is 16.3 Å². The van der Waals surface area contributed by atoms with Crippen LogP contribution in [0.3, 0.4) is 0 Å². The molecule has 2 heterocycles. The number of fused-ring (bicyclic) bond motifs is 3. The Morgan fingerprint density at radius 3 is 3.07 bits per heavy atom. The standard InChI is InChI=1S/C11H7N3O/c15-11-10-7(6-13-14-11)3-4-9-8(10)2-1-5-12-9/h1-6H,(H,14,15). The van der Waals surface area contributed by atoms with Crippen LogP contribution in [0.4, 0.5) is 0 Å². The van der Waals surface area contributed by atoms with E-state index < -0.39 is 0 Å². The SMILES string of the molecule is O=c1[nH]ncc2ccc3ncccc3c12. The van der Waals surface area contributed by atoms with Crippen LogP contribution in [0.15, 0.2) is 41.5 Å². The van der Waals surface area contributed by atoms with Gasteiger partial charge in [-0.2, -0.15) is 5.10 Å². The van der Waals surface area contributed by atoms with Gasteiger partial charge in [0.15, 0.2) is 0 Å². The van der Waals surface area contributed by atoms with Crippen LogP contribution < -0.4 is 5.56 Å². The van der Waals surface area contributed by atoms with E-state index in [9.17, 15) is 4.79 Å². The van der Waals surface area contributed by atoms with Gasteiger partial charge >= 0.3 is 0 Å². The molecule has 0 saturated carbocycles. The van der Waals surface area contributed by atoms with Crippen molar-refractivity contribution in [1.82, 2.24) is 15.2 Å². The maximum absolute atomic E-state index is 11.6. The smallest absolute Gasteiger partial charge is 0.267 e. The Hall–Kier alpha value is -2.23.